The molecule has 3 rings (SSSR count). The summed E-state index contributed by atoms with van der Waals surface area (Å²) in [5, 5.41) is 41.5. The van der Waals surface area contributed by atoms with Gasteiger partial charge in [0, 0.05) is 17.8 Å². The molecule has 12 heteroatoms. The van der Waals surface area contributed by atoms with Crippen molar-refractivity contribution in [1.82, 2.24) is 16.0 Å². The SMILES string of the molecule is CCCC[C@H](NC(=O)[C@H](C)N(C(=O)OCc1ccccc1)c1cccc2ccccc12)C(=O)N[C@@H](CC(C)C)[C@@H](O)CC(CC(O)CO)C(=O)NCC(C)C. The van der Waals surface area contributed by atoms with E-state index >= 15 is 0 Å². The van der Waals surface area contributed by atoms with Crippen molar-refractivity contribution in [3.05, 3.63) is 78.4 Å². The van der Waals surface area contributed by atoms with Crippen LogP contribution >= 0.6 is 0 Å². The zero-order chi connectivity index (χ0) is 40.5. The molecule has 6 N–H and O–H groups in total. The topological polar surface area (TPSA) is 178 Å². The van der Waals surface area contributed by atoms with Gasteiger partial charge in [-0.2, -0.15) is 0 Å². The fourth-order valence-corrected chi connectivity index (χ4v) is 6.48. The minimum atomic E-state index is -1.17. The van der Waals surface area contributed by atoms with Crippen LogP contribution in [-0.4, -0.2) is 82.6 Å². The van der Waals surface area contributed by atoms with E-state index in [9.17, 15) is 34.5 Å². The van der Waals surface area contributed by atoms with Gasteiger partial charge in [-0.3, -0.25) is 19.3 Å². The van der Waals surface area contributed by atoms with Crippen LogP contribution < -0.4 is 20.9 Å². The first-order valence-electron chi connectivity index (χ1n) is 19.6. The van der Waals surface area contributed by atoms with E-state index in [-0.39, 0.29) is 37.2 Å². The van der Waals surface area contributed by atoms with Crippen LogP contribution in [0.2, 0.25) is 0 Å². The van der Waals surface area contributed by atoms with Crippen molar-refractivity contribution in [3.8, 4) is 0 Å². The number of nitrogens with zero attached hydrogens (tertiary/aromatic N) is 1. The number of fused-ring (bicyclic) bond motifs is 1. The fraction of sp³-hybridized carbons (Fsp3) is 0.535. The number of nitrogens with one attached hydrogen (secondary N) is 3. The minimum absolute atomic E-state index is 0.00439. The largest absolute Gasteiger partial charge is 0.444 e. The normalized spacial score (nSPS) is 14.7. The molecule has 0 radical (unpaired) electrons. The van der Waals surface area contributed by atoms with E-state index in [4.69, 9.17) is 4.74 Å². The molecule has 2 unspecified atom stereocenters. The number of anilines is 1. The van der Waals surface area contributed by atoms with Crippen molar-refractivity contribution in [2.24, 2.45) is 17.8 Å². The monoisotopic (exact) mass is 762 g/mol. The van der Waals surface area contributed by atoms with Crippen LogP contribution in [0.3, 0.4) is 0 Å². The average Bonchev–Trinajstić information content (AvgIpc) is 3.17. The van der Waals surface area contributed by atoms with E-state index in [0.29, 0.717) is 31.5 Å². The number of aliphatic hydroxyl groups is 3. The minimum Gasteiger partial charge on any atom is -0.444 e. The van der Waals surface area contributed by atoms with Gasteiger partial charge in [0.2, 0.25) is 17.7 Å². The standard InChI is InChI=1S/C43H62N4O8/c1-7-8-20-36(42(53)46-37(22-28(2)3)39(50)24-33(23-34(49)26-48)41(52)44-25-29(4)5)45-40(51)30(6)47(43(54)55-27-31-15-10-9-11-16-31)38-21-14-18-32-17-12-13-19-35(32)38/h9-19,21,28-30,33-34,36-37,39,48-50H,7-8,20,22-27H2,1-6H3,(H,44,52)(H,45,51)(H,46,53)/t30-,33?,34?,36-,37-,39-/m0/s1. The van der Waals surface area contributed by atoms with Crippen LogP contribution in [0.15, 0.2) is 72.8 Å². The van der Waals surface area contributed by atoms with Crippen LogP contribution in [0.25, 0.3) is 10.8 Å². The molecule has 0 saturated heterocycles. The number of ether oxygens (including phenoxy) is 1. The maximum absolute atomic E-state index is 14.1. The van der Waals surface area contributed by atoms with Gasteiger partial charge < -0.3 is 36.0 Å². The maximum Gasteiger partial charge on any atom is 0.415 e. The van der Waals surface area contributed by atoms with Crippen molar-refractivity contribution >= 4 is 40.3 Å². The Kier molecular flexibility index (Phi) is 18.6. The van der Waals surface area contributed by atoms with Crippen molar-refractivity contribution in [1.29, 1.82) is 0 Å². The predicted octanol–water partition coefficient (Wildman–Crippen LogP) is 5.46. The Bertz CT molecular complexity index is 1650. The molecule has 3 aromatic rings. The number of unbranched alkanes of at least 4 members (excludes halogenated alkanes) is 1. The highest BCUT2D eigenvalue weighted by atomic mass is 16.6. The number of rotatable bonds is 22. The molecule has 0 bridgehead atoms. The Labute approximate surface area is 326 Å². The summed E-state index contributed by atoms with van der Waals surface area (Å²) < 4.78 is 5.75. The first kappa shape index (κ1) is 44.9. The quantitative estimate of drug-likeness (QED) is 0.0782. The molecule has 12 nitrogen and oxygen atoms in total. The van der Waals surface area contributed by atoms with Crippen LogP contribution in [0, 0.1) is 17.8 Å². The first-order valence-corrected chi connectivity index (χ1v) is 19.6. The van der Waals surface area contributed by atoms with Crippen LogP contribution in [0.1, 0.15) is 85.6 Å². The molecular formula is C43H62N4O8. The lowest BCUT2D eigenvalue weighted by atomic mass is 9.88. The second-order valence-electron chi connectivity index (χ2n) is 15.2. The molecule has 4 amide bonds. The summed E-state index contributed by atoms with van der Waals surface area (Å²) >= 11 is 0. The molecule has 0 aromatic heterocycles. The van der Waals surface area contributed by atoms with E-state index in [0.717, 1.165) is 22.8 Å². The Morgan fingerprint density at radius 3 is 2.09 bits per heavy atom. The zero-order valence-electron chi connectivity index (χ0n) is 33.2. The summed E-state index contributed by atoms with van der Waals surface area (Å²) in [6.07, 6.45) is -1.12. The summed E-state index contributed by atoms with van der Waals surface area (Å²) in [7, 11) is 0. The Morgan fingerprint density at radius 2 is 1.44 bits per heavy atom. The molecule has 0 fully saturated rings. The molecule has 6 atom stereocenters. The van der Waals surface area contributed by atoms with E-state index in [1.807, 2.05) is 95.3 Å². The summed E-state index contributed by atoms with van der Waals surface area (Å²) in [5.74, 6) is -2.01. The highest BCUT2D eigenvalue weighted by Gasteiger charge is 2.35. The highest BCUT2D eigenvalue weighted by molar-refractivity contribution is 6.05. The van der Waals surface area contributed by atoms with Gasteiger partial charge in [0.15, 0.2) is 0 Å². The van der Waals surface area contributed by atoms with Crippen molar-refractivity contribution in [2.45, 2.75) is 117 Å². The highest BCUT2D eigenvalue weighted by Crippen LogP contribution is 2.29. The van der Waals surface area contributed by atoms with Gasteiger partial charge in [0.1, 0.15) is 18.7 Å². The molecule has 55 heavy (non-hydrogen) atoms. The van der Waals surface area contributed by atoms with Crippen LogP contribution in [-0.2, 0) is 25.7 Å². The molecule has 0 aliphatic rings. The maximum atomic E-state index is 14.1. The average molecular weight is 763 g/mol. The lowest BCUT2D eigenvalue weighted by molar-refractivity contribution is -0.131. The first-order chi connectivity index (χ1) is 26.2. The number of carbonyl (C=O) groups excluding carboxylic acids is 4. The molecule has 0 heterocycles. The lowest BCUT2D eigenvalue weighted by Crippen LogP contribution is -2.56. The third-order valence-corrected chi connectivity index (χ3v) is 9.54. The van der Waals surface area contributed by atoms with Gasteiger partial charge >= 0.3 is 6.09 Å². The number of benzene rings is 3. The number of carbonyl (C=O) groups is 4. The van der Waals surface area contributed by atoms with Crippen molar-refractivity contribution < 1.29 is 39.2 Å². The Hall–Kier alpha value is -4.52. The summed E-state index contributed by atoms with van der Waals surface area (Å²) in [4.78, 5) is 56.5. The lowest BCUT2D eigenvalue weighted by Gasteiger charge is -2.32. The third kappa shape index (κ3) is 14.2. The predicted molar refractivity (Wildman–Crippen MR) is 215 cm³/mol. The summed E-state index contributed by atoms with van der Waals surface area (Å²) in [6, 6.07) is 19.4. The van der Waals surface area contributed by atoms with Crippen LogP contribution in [0.5, 0.6) is 0 Å². The smallest absolute Gasteiger partial charge is 0.415 e. The number of hydrogen-bond donors (Lipinski definition) is 6. The molecule has 0 aliphatic heterocycles. The van der Waals surface area contributed by atoms with Gasteiger partial charge in [-0.15, -0.1) is 0 Å². The number of amides is 4. The molecular weight excluding hydrogens is 700 g/mol. The van der Waals surface area contributed by atoms with Gasteiger partial charge in [0.05, 0.1) is 30.5 Å². The van der Waals surface area contributed by atoms with Gasteiger partial charge in [-0.05, 0) is 61.5 Å². The van der Waals surface area contributed by atoms with Crippen molar-refractivity contribution in [3.63, 3.8) is 0 Å². The van der Waals surface area contributed by atoms with E-state index in [2.05, 4.69) is 16.0 Å². The Balaban J connectivity index is 1.87. The van der Waals surface area contributed by atoms with Crippen LogP contribution in [0.4, 0.5) is 10.5 Å². The fourth-order valence-electron chi connectivity index (χ4n) is 6.48. The van der Waals surface area contributed by atoms with Crippen molar-refractivity contribution in [2.75, 3.05) is 18.1 Å². The van der Waals surface area contributed by atoms with E-state index in [1.165, 1.54) is 4.90 Å². The molecule has 302 valence electrons. The third-order valence-electron chi connectivity index (χ3n) is 9.54. The van der Waals surface area contributed by atoms with Gasteiger partial charge in [-0.25, -0.2) is 4.79 Å². The zero-order valence-corrected chi connectivity index (χ0v) is 33.2. The Morgan fingerprint density at radius 1 is 0.764 bits per heavy atom. The number of hydrogen-bond acceptors (Lipinski definition) is 8. The molecule has 3 aromatic carbocycles. The second-order valence-corrected chi connectivity index (χ2v) is 15.2. The molecule has 0 spiro atoms. The summed E-state index contributed by atoms with van der Waals surface area (Å²) in [5.41, 5.74) is 1.26. The summed E-state index contributed by atoms with van der Waals surface area (Å²) in [6.45, 7) is 11.2. The van der Waals surface area contributed by atoms with Gasteiger partial charge in [-0.1, -0.05) is 114 Å². The van der Waals surface area contributed by atoms with E-state index in [1.54, 1.807) is 19.1 Å². The van der Waals surface area contributed by atoms with E-state index < -0.39 is 60.8 Å². The number of aliphatic hydroxyl groups excluding tert-OH is 3. The molecule has 0 saturated carbocycles. The molecule has 0 aliphatic carbocycles. The second kappa shape index (κ2) is 22.8. The van der Waals surface area contributed by atoms with Gasteiger partial charge in [0.25, 0.3) is 0 Å².